The topological polar surface area (TPSA) is 253 Å². The van der Waals surface area contributed by atoms with Gasteiger partial charge in [-0.3, -0.25) is 4.79 Å². The van der Waals surface area contributed by atoms with Crippen molar-refractivity contribution in [1.82, 2.24) is 0 Å². The van der Waals surface area contributed by atoms with Crippen LogP contribution in [0, 0.1) is 24.2 Å². The zero-order valence-corrected chi connectivity index (χ0v) is 40.1. The van der Waals surface area contributed by atoms with Gasteiger partial charge in [0.25, 0.3) is 0 Å². The van der Waals surface area contributed by atoms with Crippen LogP contribution in [0.4, 0.5) is 0 Å². The molecule has 7 aliphatic rings. The fourth-order valence-electron chi connectivity index (χ4n) is 12.5. The van der Waals surface area contributed by atoms with Crippen LogP contribution in [0.2, 0.25) is 0 Å². The highest BCUT2D eigenvalue weighted by Crippen LogP contribution is 2.59. The molecular formula is C48H74O19. The van der Waals surface area contributed by atoms with Gasteiger partial charge in [0.1, 0.15) is 60.4 Å². The van der Waals surface area contributed by atoms with E-state index in [0.717, 1.165) is 23.3 Å². The molecular weight excluding hydrogens is 881 g/mol. The molecule has 0 radical (unpaired) electrons. The first-order valence-corrected chi connectivity index (χ1v) is 24.0. The normalized spacial score (nSPS) is 49.5. The molecule has 4 aliphatic heterocycles. The van der Waals surface area contributed by atoms with Gasteiger partial charge in [0.15, 0.2) is 25.2 Å². The van der Waals surface area contributed by atoms with Crippen molar-refractivity contribution in [3.8, 4) is 0 Å². The van der Waals surface area contributed by atoms with Crippen molar-refractivity contribution < 1.29 is 92.0 Å². The van der Waals surface area contributed by atoms with Crippen molar-refractivity contribution in [3.05, 3.63) is 35.3 Å². The van der Waals surface area contributed by atoms with Gasteiger partial charge in [-0.15, -0.1) is 0 Å². The largest absolute Gasteiger partial charge is 0.469 e. The van der Waals surface area contributed by atoms with Crippen molar-refractivity contribution >= 4 is 5.78 Å². The van der Waals surface area contributed by atoms with Gasteiger partial charge in [-0.25, -0.2) is 0 Å². The van der Waals surface area contributed by atoms with Gasteiger partial charge in [-0.2, -0.15) is 0 Å². The number of hydrogen-bond acceptors (Lipinski definition) is 19. The molecule has 19 nitrogen and oxygen atoms in total. The third kappa shape index (κ3) is 9.49. The minimum Gasteiger partial charge on any atom is -0.469 e. The maximum Gasteiger partial charge on any atom is 0.187 e. The average Bonchev–Trinajstić information content (AvgIpc) is 3.75. The molecule has 0 spiro atoms. The number of allylic oxidation sites excluding steroid dienone is 1. The van der Waals surface area contributed by atoms with Crippen molar-refractivity contribution in [2.24, 2.45) is 17.3 Å². The van der Waals surface area contributed by atoms with Gasteiger partial charge >= 0.3 is 0 Å². The zero-order chi connectivity index (χ0) is 48.3. The Labute approximate surface area is 392 Å². The Hall–Kier alpha value is -1.99. The number of ether oxygens (including phenoxy) is 11. The molecule has 1 aromatic heterocycles. The van der Waals surface area contributed by atoms with Crippen LogP contribution < -0.4 is 0 Å². The van der Waals surface area contributed by atoms with Gasteiger partial charge in [0, 0.05) is 57.5 Å². The summed E-state index contributed by atoms with van der Waals surface area (Å²) in [6.07, 6.45) is -10.9. The van der Waals surface area contributed by atoms with E-state index >= 15 is 0 Å². The first-order chi connectivity index (χ1) is 31.9. The van der Waals surface area contributed by atoms with Gasteiger partial charge in [-0.1, -0.05) is 18.6 Å². The van der Waals surface area contributed by atoms with Crippen LogP contribution in [0.3, 0.4) is 0 Å². The predicted molar refractivity (Wildman–Crippen MR) is 232 cm³/mol. The first-order valence-electron chi connectivity index (χ1n) is 24.0. The fourth-order valence-corrected chi connectivity index (χ4v) is 12.5. The van der Waals surface area contributed by atoms with Crippen molar-refractivity contribution in [2.75, 3.05) is 27.9 Å². The number of Topliss-reactive ketones (excluding diaryl/α,β-unsaturated/α-hetero) is 1. The second kappa shape index (κ2) is 20.6. The number of rotatable bonds is 13. The summed E-state index contributed by atoms with van der Waals surface area (Å²) >= 11 is 0. The highest BCUT2D eigenvalue weighted by Gasteiger charge is 2.61. The fraction of sp³-hybridized carbons (Fsp3) is 0.854. The molecule has 1 aromatic rings. The minimum absolute atomic E-state index is 0.132. The lowest BCUT2D eigenvalue weighted by Gasteiger charge is -2.57. The molecule has 6 N–H and O–H groups in total. The molecule has 4 saturated heterocycles. The van der Waals surface area contributed by atoms with Crippen molar-refractivity contribution in [1.29, 1.82) is 0 Å². The van der Waals surface area contributed by atoms with Gasteiger partial charge < -0.3 is 87.2 Å². The number of hydrogen-bond donors (Lipinski definition) is 6. The predicted octanol–water partition coefficient (Wildman–Crippen LogP) is 1.69. The SMILES string of the molecule is COC1CC(OC2CC3=CCC4C(=O)C(C)(c5ccoc5C)CCC4C3(C)C(O)C2O)OC(C)C1OC1CC(OC)C(OC2CC(OC)C(OC3OC(CO)C(O)C(O)C3O)C(C)O2)C(C)O1. The molecule has 5 heterocycles. The van der Waals surface area contributed by atoms with E-state index in [1.807, 2.05) is 40.7 Å². The Morgan fingerprint density at radius 3 is 1.75 bits per heavy atom. The summed E-state index contributed by atoms with van der Waals surface area (Å²) in [6.45, 7) is 10.8. The number of aryl methyl sites for hydroxylation is 1. The molecule has 380 valence electrons. The second-order valence-electron chi connectivity index (χ2n) is 20.2. The van der Waals surface area contributed by atoms with Crippen molar-refractivity contribution in [2.45, 2.75) is 215 Å². The molecule has 0 aromatic carbocycles. The van der Waals surface area contributed by atoms with Gasteiger partial charge in [0.05, 0.1) is 67.1 Å². The quantitative estimate of drug-likeness (QED) is 0.154. The summed E-state index contributed by atoms with van der Waals surface area (Å²) in [6, 6.07) is 1.90. The van der Waals surface area contributed by atoms with E-state index in [4.69, 9.17) is 56.5 Å². The van der Waals surface area contributed by atoms with Crippen LogP contribution >= 0.6 is 0 Å². The van der Waals surface area contributed by atoms with Crippen LogP contribution in [0.1, 0.15) is 90.9 Å². The molecule has 24 unspecified atom stereocenters. The number of aliphatic hydroxyl groups is 6. The molecule has 19 heteroatoms. The third-order valence-corrected chi connectivity index (χ3v) is 16.4. The summed E-state index contributed by atoms with van der Waals surface area (Å²) in [5.41, 5.74) is 0.442. The van der Waals surface area contributed by atoms with E-state index in [2.05, 4.69) is 6.08 Å². The van der Waals surface area contributed by atoms with Gasteiger partial charge in [0.2, 0.25) is 0 Å². The number of carbonyl (C=O) groups is 1. The Morgan fingerprint density at radius 2 is 1.24 bits per heavy atom. The maximum absolute atomic E-state index is 14.2. The Morgan fingerprint density at radius 1 is 0.701 bits per heavy atom. The van der Waals surface area contributed by atoms with E-state index < -0.39 is 140 Å². The lowest BCUT2D eigenvalue weighted by molar-refractivity contribution is -0.357. The lowest BCUT2D eigenvalue weighted by Crippen LogP contribution is -2.62. The summed E-state index contributed by atoms with van der Waals surface area (Å²) in [4.78, 5) is 14.2. The minimum atomic E-state index is -1.59. The highest BCUT2D eigenvalue weighted by molar-refractivity contribution is 5.93. The van der Waals surface area contributed by atoms with E-state index in [-0.39, 0.29) is 30.5 Å². The molecule has 8 rings (SSSR count). The van der Waals surface area contributed by atoms with Crippen LogP contribution in [-0.2, 0) is 62.3 Å². The summed E-state index contributed by atoms with van der Waals surface area (Å²) in [5.74, 6) is 0.480. The number of methoxy groups -OCH3 is 3. The molecule has 67 heavy (non-hydrogen) atoms. The van der Waals surface area contributed by atoms with Crippen LogP contribution in [0.5, 0.6) is 0 Å². The average molecular weight is 955 g/mol. The second-order valence-corrected chi connectivity index (χ2v) is 20.2. The third-order valence-electron chi connectivity index (χ3n) is 16.4. The van der Waals surface area contributed by atoms with Crippen LogP contribution in [-0.4, -0.2) is 187 Å². The Balaban J connectivity index is 0.851. The van der Waals surface area contributed by atoms with E-state index in [1.54, 1.807) is 27.4 Å². The van der Waals surface area contributed by atoms with E-state index in [0.29, 0.717) is 25.7 Å². The van der Waals surface area contributed by atoms with Crippen LogP contribution in [0.25, 0.3) is 0 Å². The Bertz CT molecular complexity index is 1860. The summed E-state index contributed by atoms with van der Waals surface area (Å²) in [5, 5.41) is 64.3. The summed E-state index contributed by atoms with van der Waals surface area (Å²) < 4.78 is 73.5. The van der Waals surface area contributed by atoms with Gasteiger partial charge in [-0.05, 0) is 72.3 Å². The molecule has 3 aliphatic carbocycles. The number of carbonyl (C=O) groups excluding carboxylic acids is 1. The molecule has 0 bridgehead atoms. The maximum atomic E-state index is 14.2. The Kier molecular flexibility index (Phi) is 15.8. The smallest absolute Gasteiger partial charge is 0.187 e. The lowest BCUT2D eigenvalue weighted by atomic mass is 9.48. The number of ketones is 1. The molecule has 6 fully saturated rings. The van der Waals surface area contributed by atoms with E-state index in [9.17, 15) is 35.4 Å². The first kappa shape index (κ1) is 51.4. The zero-order valence-electron chi connectivity index (χ0n) is 40.1. The van der Waals surface area contributed by atoms with Crippen molar-refractivity contribution in [3.63, 3.8) is 0 Å². The molecule has 0 amide bonds. The molecule has 24 atom stereocenters. The standard InChI is InChI=1S/C48H74O19/c1-21-27(13-15-59-21)47(5)14-12-28-26(44(47)54)11-10-25-16-29(38(51)45(55)48(25,28)6)63-34-17-30(56-7)41(22(2)60-34)65-35-18-31(57-8)42(23(3)61-35)66-36-19-32(58-9)43(24(4)62-36)67-46-40(53)39(52)37(50)33(20-49)64-46/h10,13,15,22-24,26,28-43,45-46,49-53,55H,11-12,14,16-20H2,1-9H3. The van der Waals surface area contributed by atoms with Crippen LogP contribution in [0.15, 0.2) is 28.4 Å². The number of aliphatic hydroxyl groups excluding tert-OH is 6. The number of fused-ring (bicyclic) bond motifs is 3. The monoisotopic (exact) mass is 954 g/mol. The molecule has 2 saturated carbocycles. The summed E-state index contributed by atoms with van der Waals surface area (Å²) in [7, 11) is 4.69. The van der Waals surface area contributed by atoms with E-state index in [1.165, 1.54) is 7.11 Å². The highest BCUT2D eigenvalue weighted by atomic mass is 16.8. The number of furan rings is 1.